The van der Waals surface area contributed by atoms with Crippen LogP contribution in [0.2, 0.25) is 0 Å². The highest BCUT2D eigenvalue weighted by molar-refractivity contribution is 5.76. The molecule has 0 aromatic heterocycles. The third-order valence-electron chi connectivity index (χ3n) is 3.02. The van der Waals surface area contributed by atoms with Gasteiger partial charge in [-0.1, -0.05) is 23.8 Å². The standard InChI is InChI=1S/C15H21NO3/c1-11-6-7-12(2)13(10-11)8-9-16-14(17)4-3-5-15(18)19/h6-7,10H,3-5,8-9H2,1-2H3,(H,16,17)(H,18,19). The summed E-state index contributed by atoms with van der Waals surface area (Å²) in [6, 6.07) is 6.29. The minimum Gasteiger partial charge on any atom is -0.481 e. The van der Waals surface area contributed by atoms with Gasteiger partial charge in [0.1, 0.15) is 0 Å². The zero-order chi connectivity index (χ0) is 14.3. The molecule has 0 aliphatic carbocycles. The van der Waals surface area contributed by atoms with E-state index in [-0.39, 0.29) is 18.7 Å². The third kappa shape index (κ3) is 6.04. The molecule has 1 rings (SSSR count). The molecule has 1 amide bonds. The summed E-state index contributed by atoms with van der Waals surface area (Å²) in [5.74, 6) is -0.935. The van der Waals surface area contributed by atoms with Gasteiger partial charge in [0.15, 0.2) is 0 Å². The molecule has 1 aromatic rings. The molecule has 104 valence electrons. The van der Waals surface area contributed by atoms with Gasteiger partial charge in [-0.3, -0.25) is 9.59 Å². The van der Waals surface area contributed by atoms with E-state index in [1.807, 2.05) is 6.92 Å². The van der Waals surface area contributed by atoms with Gasteiger partial charge in [0.2, 0.25) is 5.91 Å². The van der Waals surface area contributed by atoms with E-state index < -0.39 is 5.97 Å². The Morgan fingerprint density at radius 1 is 1.21 bits per heavy atom. The van der Waals surface area contributed by atoms with Gasteiger partial charge in [-0.2, -0.15) is 0 Å². The molecule has 0 saturated heterocycles. The van der Waals surface area contributed by atoms with Crippen LogP contribution in [0.25, 0.3) is 0 Å². The fourth-order valence-electron chi connectivity index (χ4n) is 1.89. The van der Waals surface area contributed by atoms with Gasteiger partial charge >= 0.3 is 5.97 Å². The van der Waals surface area contributed by atoms with E-state index in [1.165, 1.54) is 16.7 Å². The lowest BCUT2D eigenvalue weighted by Gasteiger charge is -2.08. The first kappa shape index (κ1) is 15.2. The molecule has 0 saturated carbocycles. The number of carbonyl (C=O) groups excluding carboxylic acids is 1. The second-order valence-electron chi connectivity index (χ2n) is 4.78. The van der Waals surface area contributed by atoms with Crippen molar-refractivity contribution in [3.8, 4) is 0 Å². The zero-order valence-corrected chi connectivity index (χ0v) is 11.5. The summed E-state index contributed by atoms with van der Waals surface area (Å²) in [5.41, 5.74) is 3.69. The second kappa shape index (κ2) is 7.56. The lowest BCUT2D eigenvalue weighted by Crippen LogP contribution is -2.25. The number of aliphatic carboxylic acids is 1. The molecule has 0 radical (unpaired) electrons. The van der Waals surface area contributed by atoms with Gasteiger partial charge in [0.05, 0.1) is 0 Å². The maximum Gasteiger partial charge on any atom is 0.303 e. The summed E-state index contributed by atoms with van der Waals surface area (Å²) in [4.78, 5) is 21.8. The molecular weight excluding hydrogens is 242 g/mol. The van der Waals surface area contributed by atoms with E-state index in [0.29, 0.717) is 13.0 Å². The summed E-state index contributed by atoms with van der Waals surface area (Å²) in [5, 5.41) is 11.3. The highest BCUT2D eigenvalue weighted by atomic mass is 16.4. The predicted molar refractivity (Wildman–Crippen MR) is 74.1 cm³/mol. The highest BCUT2D eigenvalue weighted by Gasteiger charge is 2.04. The molecule has 0 aliphatic rings. The van der Waals surface area contributed by atoms with Crippen molar-refractivity contribution in [2.45, 2.75) is 39.5 Å². The first-order chi connectivity index (χ1) is 8.99. The number of rotatable bonds is 7. The largest absolute Gasteiger partial charge is 0.481 e. The van der Waals surface area contributed by atoms with E-state index in [1.54, 1.807) is 0 Å². The lowest BCUT2D eigenvalue weighted by molar-refractivity contribution is -0.137. The topological polar surface area (TPSA) is 66.4 Å². The van der Waals surface area contributed by atoms with Crippen LogP contribution in [-0.4, -0.2) is 23.5 Å². The number of carboxylic acids is 1. The van der Waals surface area contributed by atoms with Crippen molar-refractivity contribution >= 4 is 11.9 Å². The molecule has 1 aromatic carbocycles. The average Bonchev–Trinajstić information content (AvgIpc) is 2.33. The summed E-state index contributed by atoms with van der Waals surface area (Å²) >= 11 is 0. The van der Waals surface area contributed by atoms with Crippen LogP contribution in [0.5, 0.6) is 0 Å². The molecule has 4 heteroatoms. The SMILES string of the molecule is Cc1ccc(C)c(CCNC(=O)CCCC(=O)O)c1. The molecule has 0 heterocycles. The van der Waals surface area contributed by atoms with Crippen LogP contribution in [-0.2, 0) is 16.0 Å². The first-order valence-corrected chi connectivity index (χ1v) is 6.53. The predicted octanol–water partition coefficient (Wildman–Crippen LogP) is 2.22. The molecular formula is C15H21NO3. The van der Waals surface area contributed by atoms with Crippen LogP contribution in [0.4, 0.5) is 0 Å². The Morgan fingerprint density at radius 2 is 1.95 bits per heavy atom. The van der Waals surface area contributed by atoms with Gasteiger partial charge in [-0.05, 0) is 37.8 Å². The number of aryl methyl sites for hydroxylation is 2. The van der Waals surface area contributed by atoms with Crippen LogP contribution in [0.3, 0.4) is 0 Å². The number of hydrogen-bond donors (Lipinski definition) is 2. The second-order valence-corrected chi connectivity index (χ2v) is 4.78. The summed E-state index contributed by atoms with van der Waals surface area (Å²) < 4.78 is 0. The summed E-state index contributed by atoms with van der Waals surface area (Å²) in [7, 11) is 0. The number of amides is 1. The van der Waals surface area contributed by atoms with Gasteiger partial charge in [-0.15, -0.1) is 0 Å². The van der Waals surface area contributed by atoms with Crippen molar-refractivity contribution in [1.29, 1.82) is 0 Å². The number of nitrogens with one attached hydrogen (secondary N) is 1. The number of hydrogen-bond acceptors (Lipinski definition) is 2. The van der Waals surface area contributed by atoms with Crippen LogP contribution in [0.1, 0.15) is 36.0 Å². The van der Waals surface area contributed by atoms with Gasteiger partial charge in [0, 0.05) is 19.4 Å². The van der Waals surface area contributed by atoms with Crippen LogP contribution >= 0.6 is 0 Å². The normalized spacial score (nSPS) is 10.2. The van der Waals surface area contributed by atoms with Crippen molar-refractivity contribution in [2.75, 3.05) is 6.54 Å². The first-order valence-electron chi connectivity index (χ1n) is 6.53. The van der Waals surface area contributed by atoms with E-state index in [2.05, 4.69) is 30.4 Å². The van der Waals surface area contributed by atoms with Crippen LogP contribution in [0, 0.1) is 13.8 Å². The number of carboxylic acid groups (broad SMARTS) is 1. The summed E-state index contributed by atoms with van der Waals surface area (Å²) in [6.07, 6.45) is 1.52. The van der Waals surface area contributed by atoms with E-state index in [9.17, 15) is 9.59 Å². The van der Waals surface area contributed by atoms with Crippen LogP contribution in [0.15, 0.2) is 18.2 Å². The fraction of sp³-hybridized carbons (Fsp3) is 0.467. The number of carbonyl (C=O) groups is 2. The molecule has 0 fully saturated rings. The molecule has 0 spiro atoms. The minimum atomic E-state index is -0.858. The highest BCUT2D eigenvalue weighted by Crippen LogP contribution is 2.10. The van der Waals surface area contributed by atoms with Crippen LogP contribution < -0.4 is 5.32 Å². The van der Waals surface area contributed by atoms with Crippen molar-refractivity contribution < 1.29 is 14.7 Å². The van der Waals surface area contributed by atoms with Gasteiger partial charge in [0.25, 0.3) is 0 Å². The Balaban J connectivity index is 2.28. The molecule has 0 unspecified atom stereocenters. The Kier molecular flexibility index (Phi) is 6.06. The Labute approximate surface area is 113 Å². The summed E-state index contributed by atoms with van der Waals surface area (Å²) in [6.45, 7) is 4.70. The Morgan fingerprint density at radius 3 is 2.63 bits per heavy atom. The van der Waals surface area contributed by atoms with E-state index >= 15 is 0 Å². The quantitative estimate of drug-likeness (QED) is 0.792. The van der Waals surface area contributed by atoms with Crippen molar-refractivity contribution in [3.63, 3.8) is 0 Å². The fourth-order valence-corrected chi connectivity index (χ4v) is 1.89. The molecule has 4 nitrogen and oxygen atoms in total. The molecule has 0 aliphatic heterocycles. The van der Waals surface area contributed by atoms with E-state index in [4.69, 9.17) is 5.11 Å². The molecule has 2 N–H and O–H groups in total. The molecule has 19 heavy (non-hydrogen) atoms. The minimum absolute atomic E-state index is 0.0460. The molecule has 0 atom stereocenters. The zero-order valence-electron chi connectivity index (χ0n) is 11.5. The maximum absolute atomic E-state index is 11.5. The van der Waals surface area contributed by atoms with Gasteiger partial charge < -0.3 is 10.4 Å². The maximum atomic E-state index is 11.5. The van der Waals surface area contributed by atoms with Crippen molar-refractivity contribution in [3.05, 3.63) is 34.9 Å². The Hall–Kier alpha value is -1.84. The average molecular weight is 263 g/mol. The number of benzene rings is 1. The van der Waals surface area contributed by atoms with E-state index in [0.717, 1.165) is 6.42 Å². The Bertz CT molecular complexity index is 455. The molecule has 0 bridgehead atoms. The van der Waals surface area contributed by atoms with Gasteiger partial charge in [-0.25, -0.2) is 0 Å². The monoisotopic (exact) mass is 263 g/mol. The third-order valence-corrected chi connectivity index (χ3v) is 3.02. The smallest absolute Gasteiger partial charge is 0.303 e. The van der Waals surface area contributed by atoms with Crippen molar-refractivity contribution in [1.82, 2.24) is 5.32 Å². The van der Waals surface area contributed by atoms with Crippen molar-refractivity contribution in [2.24, 2.45) is 0 Å². The lowest BCUT2D eigenvalue weighted by atomic mass is 10.0.